The Bertz CT molecular complexity index is 754. The summed E-state index contributed by atoms with van der Waals surface area (Å²) in [6.45, 7) is 1.12. The number of anilines is 1. The number of amides is 2. The zero-order valence-corrected chi connectivity index (χ0v) is 12.3. The number of urea groups is 1. The molecule has 1 aliphatic rings. The molecule has 9 heteroatoms. The molecule has 110 valence electrons. The summed E-state index contributed by atoms with van der Waals surface area (Å²) in [5.74, 6) is 0.538. The normalized spacial score (nSPS) is 13.9. The van der Waals surface area contributed by atoms with Crippen molar-refractivity contribution in [3.8, 4) is 0 Å². The third kappa shape index (κ3) is 2.74. The van der Waals surface area contributed by atoms with Gasteiger partial charge < -0.3 is 10.2 Å². The second-order valence-corrected chi connectivity index (χ2v) is 5.39. The first-order valence-corrected chi connectivity index (χ1v) is 6.95. The van der Waals surface area contributed by atoms with Crippen LogP contribution in [-0.2, 0) is 13.1 Å². The van der Waals surface area contributed by atoms with Crippen LogP contribution >= 0.6 is 23.2 Å². The highest BCUT2D eigenvalue weighted by Crippen LogP contribution is 2.25. The van der Waals surface area contributed by atoms with Gasteiger partial charge in [-0.25, -0.2) is 14.7 Å². The van der Waals surface area contributed by atoms with Crippen molar-refractivity contribution in [2.75, 3.05) is 11.9 Å². The van der Waals surface area contributed by atoms with Crippen molar-refractivity contribution in [1.29, 1.82) is 0 Å². The molecule has 3 rings (SSSR count). The number of H-pyrrole nitrogens is 1. The van der Waals surface area contributed by atoms with E-state index in [4.69, 9.17) is 23.2 Å². The molecule has 0 saturated carbocycles. The van der Waals surface area contributed by atoms with Crippen LogP contribution < -0.4 is 11.0 Å². The summed E-state index contributed by atoms with van der Waals surface area (Å²) in [5.41, 5.74) is 0.300. The van der Waals surface area contributed by atoms with E-state index in [1.54, 1.807) is 23.1 Å². The molecule has 2 heterocycles. The monoisotopic (exact) mass is 327 g/mol. The van der Waals surface area contributed by atoms with Crippen molar-refractivity contribution in [3.05, 3.63) is 44.6 Å². The number of hydrogen-bond acceptors (Lipinski definition) is 3. The van der Waals surface area contributed by atoms with E-state index in [0.29, 0.717) is 34.6 Å². The van der Waals surface area contributed by atoms with Crippen molar-refractivity contribution in [2.45, 2.75) is 13.1 Å². The molecule has 2 N–H and O–H groups in total. The average molecular weight is 328 g/mol. The highest BCUT2D eigenvalue weighted by atomic mass is 35.5. The lowest BCUT2D eigenvalue weighted by Gasteiger charge is -2.26. The summed E-state index contributed by atoms with van der Waals surface area (Å²) in [6.07, 6.45) is 0. The van der Waals surface area contributed by atoms with Crippen LogP contribution in [0.4, 0.5) is 10.5 Å². The minimum absolute atomic E-state index is 0.255. The molecule has 1 aromatic heterocycles. The average Bonchev–Trinajstić information content (AvgIpc) is 2.84. The fourth-order valence-electron chi connectivity index (χ4n) is 2.12. The Hall–Kier alpha value is -1.99. The maximum absolute atomic E-state index is 12.2. The summed E-state index contributed by atoms with van der Waals surface area (Å²) in [4.78, 5) is 25.2. The molecule has 0 unspecified atom stereocenters. The van der Waals surface area contributed by atoms with Crippen LogP contribution in [0, 0.1) is 0 Å². The van der Waals surface area contributed by atoms with Crippen molar-refractivity contribution in [3.63, 3.8) is 0 Å². The van der Waals surface area contributed by atoms with Gasteiger partial charge >= 0.3 is 11.7 Å². The van der Waals surface area contributed by atoms with Gasteiger partial charge in [0.1, 0.15) is 0 Å². The van der Waals surface area contributed by atoms with Crippen LogP contribution in [0.3, 0.4) is 0 Å². The lowest BCUT2D eigenvalue weighted by Crippen LogP contribution is -2.42. The Kier molecular flexibility index (Phi) is 3.60. The van der Waals surface area contributed by atoms with Crippen molar-refractivity contribution >= 4 is 34.9 Å². The van der Waals surface area contributed by atoms with Crippen molar-refractivity contribution in [2.24, 2.45) is 0 Å². The molecule has 0 saturated heterocycles. The maximum atomic E-state index is 12.2. The van der Waals surface area contributed by atoms with Crippen LogP contribution in [0.2, 0.25) is 10.0 Å². The van der Waals surface area contributed by atoms with Gasteiger partial charge in [0.05, 0.1) is 16.6 Å². The summed E-state index contributed by atoms with van der Waals surface area (Å²) in [5, 5.41) is 9.79. The van der Waals surface area contributed by atoms with Gasteiger partial charge in [0, 0.05) is 18.8 Å². The maximum Gasteiger partial charge on any atom is 0.343 e. The SMILES string of the molecule is O=C(Nc1ccc(Cl)c(Cl)c1)N1CCn2c(n[nH]c2=O)C1. The minimum atomic E-state index is -0.282. The number of aromatic amines is 1. The Morgan fingerprint density at radius 2 is 2.10 bits per heavy atom. The zero-order valence-electron chi connectivity index (χ0n) is 10.8. The number of hydrogen-bond donors (Lipinski definition) is 2. The Morgan fingerprint density at radius 1 is 1.29 bits per heavy atom. The third-order valence-corrected chi connectivity index (χ3v) is 3.96. The van der Waals surface area contributed by atoms with Gasteiger partial charge in [-0.2, -0.15) is 5.10 Å². The van der Waals surface area contributed by atoms with Gasteiger partial charge in [-0.15, -0.1) is 0 Å². The van der Waals surface area contributed by atoms with Crippen LogP contribution in [0.15, 0.2) is 23.0 Å². The molecule has 0 aliphatic carbocycles. The Morgan fingerprint density at radius 3 is 2.86 bits per heavy atom. The highest BCUT2D eigenvalue weighted by Gasteiger charge is 2.23. The first kappa shape index (κ1) is 14.0. The van der Waals surface area contributed by atoms with E-state index >= 15 is 0 Å². The number of rotatable bonds is 1. The Labute approximate surface area is 129 Å². The third-order valence-electron chi connectivity index (χ3n) is 3.22. The molecule has 2 aromatic rings. The van der Waals surface area contributed by atoms with E-state index < -0.39 is 0 Å². The molecule has 1 aromatic carbocycles. The van der Waals surface area contributed by atoms with Crippen LogP contribution in [0.1, 0.15) is 5.82 Å². The minimum Gasteiger partial charge on any atom is -0.315 e. The number of aromatic nitrogens is 3. The number of halogens is 2. The number of benzene rings is 1. The second-order valence-electron chi connectivity index (χ2n) is 4.58. The van der Waals surface area contributed by atoms with Gasteiger partial charge in [-0.1, -0.05) is 23.2 Å². The Balaban J connectivity index is 1.72. The molecule has 7 nitrogen and oxygen atoms in total. The van der Waals surface area contributed by atoms with E-state index in [-0.39, 0.29) is 18.3 Å². The number of nitrogens with zero attached hydrogens (tertiary/aromatic N) is 3. The first-order valence-electron chi connectivity index (χ1n) is 6.19. The van der Waals surface area contributed by atoms with Gasteiger partial charge in [0.25, 0.3) is 0 Å². The van der Waals surface area contributed by atoms with Gasteiger partial charge in [0.2, 0.25) is 0 Å². The smallest absolute Gasteiger partial charge is 0.315 e. The second kappa shape index (κ2) is 5.42. The molecule has 0 spiro atoms. The van der Waals surface area contributed by atoms with E-state index in [9.17, 15) is 9.59 Å². The van der Waals surface area contributed by atoms with E-state index in [1.807, 2.05) is 0 Å². The predicted molar refractivity (Wildman–Crippen MR) is 78.7 cm³/mol. The topological polar surface area (TPSA) is 83.0 Å². The van der Waals surface area contributed by atoms with Crippen molar-refractivity contribution < 1.29 is 4.79 Å². The lowest BCUT2D eigenvalue weighted by molar-refractivity contribution is 0.195. The van der Waals surface area contributed by atoms with E-state index in [0.717, 1.165) is 0 Å². The van der Waals surface area contributed by atoms with E-state index in [1.165, 1.54) is 4.57 Å². The standard InChI is InChI=1S/C12H11Cl2N5O2/c13-8-2-1-7(5-9(8)14)15-11(20)18-3-4-19-10(6-18)16-17-12(19)21/h1-2,5H,3-4,6H2,(H,15,20)(H,17,21). The van der Waals surface area contributed by atoms with E-state index in [2.05, 4.69) is 15.5 Å². The first-order chi connectivity index (χ1) is 10.0. The number of carbonyl (C=O) groups excluding carboxylic acids is 1. The molecule has 1 aliphatic heterocycles. The molecule has 0 bridgehead atoms. The van der Waals surface area contributed by atoms with Gasteiger partial charge in [0.15, 0.2) is 5.82 Å². The van der Waals surface area contributed by atoms with Gasteiger partial charge in [-0.05, 0) is 18.2 Å². The summed E-state index contributed by atoms with van der Waals surface area (Å²) >= 11 is 11.7. The predicted octanol–water partition coefficient (Wildman–Crippen LogP) is 1.93. The zero-order chi connectivity index (χ0) is 15.0. The summed E-state index contributed by atoms with van der Waals surface area (Å²) < 4.78 is 1.52. The molecule has 0 fully saturated rings. The largest absolute Gasteiger partial charge is 0.343 e. The molecular weight excluding hydrogens is 317 g/mol. The fourth-order valence-corrected chi connectivity index (χ4v) is 2.42. The summed E-state index contributed by atoms with van der Waals surface area (Å²) in [6, 6.07) is 4.58. The lowest BCUT2D eigenvalue weighted by atomic mass is 10.3. The van der Waals surface area contributed by atoms with Crippen LogP contribution in [0.5, 0.6) is 0 Å². The van der Waals surface area contributed by atoms with Gasteiger partial charge in [-0.3, -0.25) is 4.57 Å². The number of nitrogens with one attached hydrogen (secondary N) is 2. The summed E-state index contributed by atoms with van der Waals surface area (Å²) in [7, 11) is 0. The molecule has 0 radical (unpaired) electrons. The highest BCUT2D eigenvalue weighted by molar-refractivity contribution is 6.42. The molecule has 0 atom stereocenters. The molecular formula is C12H11Cl2N5O2. The fraction of sp³-hybridized carbons (Fsp3) is 0.250. The van der Waals surface area contributed by atoms with Crippen LogP contribution in [-0.4, -0.2) is 32.2 Å². The molecule has 2 amide bonds. The van der Waals surface area contributed by atoms with Crippen molar-refractivity contribution in [1.82, 2.24) is 19.7 Å². The molecule has 21 heavy (non-hydrogen) atoms. The number of carbonyl (C=O) groups is 1. The van der Waals surface area contributed by atoms with Crippen LogP contribution in [0.25, 0.3) is 0 Å². The number of fused-ring (bicyclic) bond motifs is 1. The quantitative estimate of drug-likeness (QED) is 0.839.